The number of thioether (sulfide) groups is 1. The highest BCUT2D eigenvalue weighted by molar-refractivity contribution is 7.98. The second-order valence-corrected chi connectivity index (χ2v) is 7.00. The van der Waals surface area contributed by atoms with E-state index in [1.54, 1.807) is 16.4 Å². The van der Waals surface area contributed by atoms with Gasteiger partial charge < -0.3 is 5.32 Å². The number of aromatic nitrogens is 2. The van der Waals surface area contributed by atoms with Crippen LogP contribution in [0.3, 0.4) is 0 Å². The third-order valence-electron chi connectivity index (χ3n) is 4.26. The van der Waals surface area contributed by atoms with Crippen LogP contribution in [0.15, 0.2) is 54.6 Å². The molecule has 138 valence electrons. The highest BCUT2D eigenvalue weighted by Crippen LogP contribution is 2.37. The van der Waals surface area contributed by atoms with Gasteiger partial charge in [0.25, 0.3) is 5.91 Å². The molecule has 0 bridgehead atoms. The van der Waals surface area contributed by atoms with E-state index in [1.807, 2.05) is 30.3 Å². The average Bonchev–Trinajstić information content (AvgIpc) is 3.24. The highest BCUT2D eigenvalue weighted by atomic mass is 32.2. The minimum absolute atomic E-state index is 0.412. The van der Waals surface area contributed by atoms with Gasteiger partial charge in [-0.2, -0.15) is 30.0 Å². The van der Waals surface area contributed by atoms with Crippen LogP contribution in [0.1, 0.15) is 27.2 Å². The van der Waals surface area contributed by atoms with Crippen LogP contribution in [0.25, 0.3) is 5.69 Å². The number of amides is 1. The number of benzene rings is 2. The Morgan fingerprint density at radius 2 is 1.74 bits per heavy atom. The predicted octanol–water partition coefficient (Wildman–Crippen LogP) is 4.89. The molecular formula is C19H14F3N3OS. The molecule has 2 aromatic carbocycles. The maximum Gasteiger partial charge on any atom is 0.417 e. The van der Waals surface area contributed by atoms with Crippen LogP contribution < -0.4 is 5.32 Å². The minimum atomic E-state index is -4.61. The Bertz CT molecular complexity index is 999. The smallest absolute Gasteiger partial charge is 0.306 e. The van der Waals surface area contributed by atoms with Crippen LogP contribution in [0.4, 0.5) is 19.0 Å². The highest BCUT2D eigenvalue weighted by Gasteiger charge is 2.35. The van der Waals surface area contributed by atoms with Gasteiger partial charge >= 0.3 is 6.18 Å². The number of rotatable bonds is 3. The number of alkyl halides is 3. The molecule has 4 rings (SSSR count). The Labute approximate surface area is 157 Å². The Morgan fingerprint density at radius 1 is 1.04 bits per heavy atom. The van der Waals surface area contributed by atoms with Gasteiger partial charge in [-0.15, -0.1) is 0 Å². The largest absolute Gasteiger partial charge is 0.417 e. The van der Waals surface area contributed by atoms with Gasteiger partial charge in [-0.3, -0.25) is 4.79 Å². The van der Waals surface area contributed by atoms with Gasteiger partial charge in [0, 0.05) is 17.1 Å². The SMILES string of the molecule is O=C(Nc1c2c(nn1-c1ccccc1)CSC2)c1ccccc1C(F)(F)F. The molecule has 0 fully saturated rings. The summed E-state index contributed by atoms with van der Waals surface area (Å²) in [7, 11) is 0. The molecule has 0 saturated heterocycles. The fourth-order valence-corrected chi connectivity index (χ4v) is 4.04. The molecule has 0 unspecified atom stereocenters. The standard InChI is InChI=1S/C19H14F3N3OS/c20-19(21,22)15-9-5-4-8-13(15)18(26)23-17-14-10-27-11-16(14)24-25(17)12-6-2-1-3-7-12/h1-9H,10-11H2,(H,23,26). The van der Waals surface area contributed by atoms with E-state index in [2.05, 4.69) is 10.4 Å². The van der Waals surface area contributed by atoms with Crippen molar-refractivity contribution >= 4 is 23.5 Å². The van der Waals surface area contributed by atoms with Crippen molar-refractivity contribution in [2.24, 2.45) is 0 Å². The second kappa shape index (κ2) is 6.77. The van der Waals surface area contributed by atoms with Crippen LogP contribution in [-0.2, 0) is 17.7 Å². The number of carbonyl (C=O) groups is 1. The molecule has 1 aliphatic heterocycles. The van der Waals surface area contributed by atoms with Gasteiger partial charge in [-0.05, 0) is 24.3 Å². The summed E-state index contributed by atoms with van der Waals surface area (Å²) in [5.41, 5.74) is 1.05. The average molecular weight is 389 g/mol. The van der Waals surface area contributed by atoms with Crippen molar-refractivity contribution < 1.29 is 18.0 Å². The molecule has 8 heteroatoms. The van der Waals surface area contributed by atoms with Crippen molar-refractivity contribution in [2.75, 3.05) is 5.32 Å². The monoisotopic (exact) mass is 389 g/mol. The van der Waals surface area contributed by atoms with Crippen molar-refractivity contribution in [3.05, 3.63) is 77.0 Å². The number of carbonyl (C=O) groups excluding carboxylic acids is 1. The maximum atomic E-state index is 13.3. The molecular weight excluding hydrogens is 375 g/mol. The topological polar surface area (TPSA) is 46.9 Å². The summed E-state index contributed by atoms with van der Waals surface area (Å²) in [4.78, 5) is 12.7. The Kier molecular flexibility index (Phi) is 4.43. The second-order valence-electron chi connectivity index (χ2n) is 6.01. The normalized spacial score (nSPS) is 13.4. The van der Waals surface area contributed by atoms with Crippen LogP contribution in [0.5, 0.6) is 0 Å². The number of para-hydroxylation sites is 1. The predicted molar refractivity (Wildman–Crippen MR) is 98.0 cm³/mol. The summed E-state index contributed by atoms with van der Waals surface area (Å²) in [6.07, 6.45) is -4.61. The van der Waals surface area contributed by atoms with E-state index in [0.717, 1.165) is 23.0 Å². The molecule has 1 amide bonds. The number of nitrogens with zero attached hydrogens (tertiary/aromatic N) is 2. The van der Waals surface area contributed by atoms with E-state index in [-0.39, 0.29) is 0 Å². The Balaban J connectivity index is 1.75. The van der Waals surface area contributed by atoms with Gasteiger partial charge in [0.15, 0.2) is 0 Å². The maximum absolute atomic E-state index is 13.3. The number of hydrogen-bond acceptors (Lipinski definition) is 3. The lowest BCUT2D eigenvalue weighted by atomic mass is 10.1. The zero-order chi connectivity index (χ0) is 19.0. The molecule has 1 aromatic heterocycles. The zero-order valence-corrected chi connectivity index (χ0v) is 14.8. The number of halogens is 3. The summed E-state index contributed by atoms with van der Waals surface area (Å²) in [6, 6.07) is 13.9. The lowest BCUT2D eigenvalue weighted by molar-refractivity contribution is -0.137. The quantitative estimate of drug-likeness (QED) is 0.694. The number of hydrogen-bond donors (Lipinski definition) is 1. The summed E-state index contributed by atoms with van der Waals surface area (Å²) in [5, 5.41) is 7.20. The molecule has 0 aliphatic carbocycles. The van der Waals surface area contributed by atoms with Crippen LogP contribution in [0, 0.1) is 0 Å². The zero-order valence-electron chi connectivity index (χ0n) is 14.0. The number of nitrogens with one attached hydrogen (secondary N) is 1. The molecule has 4 nitrogen and oxygen atoms in total. The fraction of sp³-hybridized carbons (Fsp3) is 0.158. The number of anilines is 1. The molecule has 2 heterocycles. The van der Waals surface area contributed by atoms with Gasteiger partial charge in [0.1, 0.15) is 5.82 Å². The van der Waals surface area contributed by atoms with E-state index in [0.29, 0.717) is 17.3 Å². The van der Waals surface area contributed by atoms with E-state index in [9.17, 15) is 18.0 Å². The van der Waals surface area contributed by atoms with E-state index < -0.39 is 23.2 Å². The first-order valence-electron chi connectivity index (χ1n) is 8.16. The molecule has 0 atom stereocenters. The lowest BCUT2D eigenvalue weighted by Crippen LogP contribution is -2.20. The van der Waals surface area contributed by atoms with Gasteiger partial charge in [-0.1, -0.05) is 30.3 Å². The third-order valence-corrected chi connectivity index (χ3v) is 5.23. The molecule has 0 radical (unpaired) electrons. The Morgan fingerprint density at radius 3 is 2.48 bits per heavy atom. The molecule has 3 aromatic rings. The summed E-state index contributed by atoms with van der Waals surface area (Å²) in [5.74, 6) is 0.971. The van der Waals surface area contributed by atoms with Gasteiger partial charge in [-0.25, -0.2) is 4.68 Å². The lowest BCUT2D eigenvalue weighted by Gasteiger charge is -2.14. The van der Waals surface area contributed by atoms with Gasteiger partial charge in [0.2, 0.25) is 0 Å². The van der Waals surface area contributed by atoms with Crippen molar-refractivity contribution in [3.63, 3.8) is 0 Å². The van der Waals surface area contributed by atoms with Crippen molar-refractivity contribution in [2.45, 2.75) is 17.7 Å². The first-order valence-corrected chi connectivity index (χ1v) is 9.32. The van der Waals surface area contributed by atoms with E-state index in [1.165, 1.54) is 18.2 Å². The summed E-state index contributed by atoms with van der Waals surface area (Å²) in [6.45, 7) is 0. The van der Waals surface area contributed by atoms with Crippen molar-refractivity contribution in [3.8, 4) is 5.69 Å². The van der Waals surface area contributed by atoms with Crippen LogP contribution in [-0.4, -0.2) is 15.7 Å². The first kappa shape index (κ1) is 17.7. The molecule has 0 spiro atoms. The Hall–Kier alpha value is -2.74. The van der Waals surface area contributed by atoms with Gasteiger partial charge in [0.05, 0.1) is 22.5 Å². The van der Waals surface area contributed by atoms with Crippen molar-refractivity contribution in [1.29, 1.82) is 0 Å². The van der Waals surface area contributed by atoms with E-state index in [4.69, 9.17) is 0 Å². The minimum Gasteiger partial charge on any atom is -0.306 e. The molecule has 27 heavy (non-hydrogen) atoms. The van der Waals surface area contributed by atoms with Crippen LogP contribution >= 0.6 is 11.8 Å². The third kappa shape index (κ3) is 3.32. The molecule has 0 saturated carbocycles. The van der Waals surface area contributed by atoms with E-state index >= 15 is 0 Å². The fourth-order valence-electron chi connectivity index (χ4n) is 3.00. The first-order chi connectivity index (χ1) is 12.9. The summed E-state index contributed by atoms with van der Waals surface area (Å²) < 4.78 is 41.3. The van der Waals surface area contributed by atoms with Crippen molar-refractivity contribution in [1.82, 2.24) is 9.78 Å². The molecule has 1 N–H and O–H groups in total. The number of fused-ring (bicyclic) bond motifs is 1. The summed E-state index contributed by atoms with van der Waals surface area (Å²) >= 11 is 1.65. The van der Waals surface area contributed by atoms with Crippen LogP contribution in [0.2, 0.25) is 0 Å². The molecule has 1 aliphatic rings.